The van der Waals surface area contributed by atoms with Crippen LogP contribution in [0.3, 0.4) is 0 Å². The maximum absolute atomic E-state index is 12.6. The van der Waals surface area contributed by atoms with Crippen molar-refractivity contribution in [2.45, 2.75) is 77.0 Å². The largest absolute Gasteiger partial charge is 0.444 e. The molecule has 2 aliphatic carbocycles. The van der Waals surface area contributed by atoms with E-state index in [1.54, 1.807) is 0 Å². The van der Waals surface area contributed by atoms with E-state index in [1.807, 2.05) is 20.8 Å². The fraction of sp³-hybridized carbons (Fsp3) is 0.933. The summed E-state index contributed by atoms with van der Waals surface area (Å²) in [4.78, 5) is 14.6. The number of piperidine rings is 2. The summed E-state index contributed by atoms with van der Waals surface area (Å²) in [5, 5.41) is 0. The molecule has 1 amide bonds. The molecule has 0 unspecified atom stereocenters. The lowest BCUT2D eigenvalue weighted by Gasteiger charge is -2.53. The van der Waals surface area contributed by atoms with Gasteiger partial charge in [0, 0.05) is 11.1 Å². The second-order valence-corrected chi connectivity index (χ2v) is 8.15. The summed E-state index contributed by atoms with van der Waals surface area (Å²) in [6.45, 7) is 10.3. The van der Waals surface area contributed by atoms with Crippen LogP contribution in [0.25, 0.3) is 0 Å². The SMILES string of the molecule is CC(C)(C)OC(=O)N1C2(C)CC3CC1(C)CC3C2. The van der Waals surface area contributed by atoms with Crippen LogP contribution in [0.2, 0.25) is 0 Å². The topological polar surface area (TPSA) is 29.5 Å². The van der Waals surface area contributed by atoms with E-state index in [4.69, 9.17) is 4.74 Å². The Hall–Kier alpha value is -0.730. The molecule has 4 bridgehead atoms. The Kier molecular flexibility index (Phi) is 2.21. The van der Waals surface area contributed by atoms with Crippen molar-refractivity contribution in [1.29, 1.82) is 0 Å². The minimum atomic E-state index is -0.400. The second-order valence-electron chi connectivity index (χ2n) is 8.15. The van der Waals surface area contributed by atoms with E-state index in [-0.39, 0.29) is 17.2 Å². The van der Waals surface area contributed by atoms with Crippen LogP contribution in [-0.4, -0.2) is 27.7 Å². The number of hydrogen-bond acceptors (Lipinski definition) is 2. The summed E-state index contributed by atoms with van der Waals surface area (Å²) in [6.07, 6.45) is 4.59. The second kappa shape index (κ2) is 3.23. The highest BCUT2D eigenvalue weighted by molar-refractivity contribution is 5.71. The summed E-state index contributed by atoms with van der Waals surface area (Å²) in [5.74, 6) is 1.69. The molecule has 3 nitrogen and oxygen atoms in total. The van der Waals surface area contributed by atoms with Gasteiger partial charge in [-0.2, -0.15) is 0 Å². The molecule has 0 N–H and O–H groups in total. The van der Waals surface area contributed by atoms with Gasteiger partial charge in [-0.25, -0.2) is 4.79 Å². The first-order valence-electron chi connectivity index (χ1n) is 7.16. The molecule has 2 saturated carbocycles. The van der Waals surface area contributed by atoms with Gasteiger partial charge >= 0.3 is 6.09 Å². The van der Waals surface area contributed by atoms with Gasteiger partial charge < -0.3 is 4.74 Å². The summed E-state index contributed by atoms with van der Waals surface area (Å²) in [6, 6.07) is 0. The first kappa shape index (κ1) is 12.3. The van der Waals surface area contributed by atoms with Crippen LogP contribution in [0.1, 0.15) is 60.3 Å². The maximum Gasteiger partial charge on any atom is 0.411 e. The fourth-order valence-corrected chi connectivity index (χ4v) is 5.00. The normalized spacial score (nSPS) is 45.7. The van der Waals surface area contributed by atoms with E-state index in [2.05, 4.69) is 18.7 Å². The molecule has 18 heavy (non-hydrogen) atoms. The summed E-state index contributed by atoms with van der Waals surface area (Å²) in [7, 11) is 0. The molecule has 0 radical (unpaired) electrons. The highest BCUT2D eigenvalue weighted by Gasteiger charge is 2.65. The number of nitrogens with zero attached hydrogens (tertiary/aromatic N) is 1. The van der Waals surface area contributed by atoms with Crippen molar-refractivity contribution < 1.29 is 9.53 Å². The van der Waals surface area contributed by atoms with Gasteiger partial charge in [-0.05, 0) is 72.1 Å². The third kappa shape index (κ3) is 1.59. The molecule has 102 valence electrons. The van der Waals surface area contributed by atoms with Gasteiger partial charge in [-0.3, -0.25) is 4.90 Å². The molecular weight excluding hydrogens is 226 g/mol. The molecule has 2 aliphatic heterocycles. The Morgan fingerprint density at radius 2 is 1.44 bits per heavy atom. The van der Waals surface area contributed by atoms with Gasteiger partial charge in [0.15, 0.2) is 0 Å². The molecule has 3 heteroatoms. The number of amides is 1. The highest BCUT2D eigenvalue weighted by atomic mass is 16.6. The van der Waals surface area contributed by atoms with E-state index in [9.17, 15) is 4.79 Å². The summed E-state index contributed by atoms with van der Waals surface area (Å²) in [5.41, 5.74) is -0.311. The molecule has 2 heterocycles. The number of hydrogen-bond donors (Lipinski definition) is 0. The predicted molar refractivity (Wildman–Crippen MR) is 70.3 cm³/mol. The van der Waals surface area contributed by atoms with Gasteiger partial charge in [0.25, 0.3) is 0 Å². The summed E-state index contributed by atoms with van der Waals surface area (Å²) < 4.78 is 5.64. The van der Waals surface area contributed by atoms with Gasteiger partial charge in [-0.1, -0.05) is 0 Å². The third-order valence-corrected chi connectivity index (χ3v) is 5.13. The average molecular weight is 251 g/mol. The molecule has 4 fully saturated rings. The first-order chi connectivity index (χ1) is 8.13. The van der Waals surface area contributed by atoms with E-state index >= 15 is 0 Å². The van der Waals surface area contributed by atoms with Crippen molar-refractivity contribution in [3.8, 4) is 0 Å². The van der Waals surface area contributed by atoms with Crippen molar-refractivity contribution in [1.82, 2.24) is 4.90 Å². The zero-order chi connectivity index (χ0) is 13.3. The van der Waals surface area contributed by atoms with Crippen molar-refractivity contribution in [2.24, 2.45) is 11.8 Å². The van der Waals surface area contributed by atoms with Gasteiger partial charge in [0.05, 0.1) is 0 Å². The van der Waals surface area contributed by atoms with E-state index in [0.29, 0.717) is 0 Å². The monoisotopic (exact) mass is 251 g/mol. The van der Waals surface area contributed by atoms with E-state index in [0.717, 1.165) is 11.8 Å². The average Bonchev–Trinajstić information content (AvgIpc) is 2.45. The molecule has 0 spiro atoms. The lowest BCUT2D eigenvalue weighted by Crippen LogP contribution is -2.63. The Morgan fingerprint density at radius 3 is 1.78 bits per heavy atom. The van der Waals surface area contributed by atoms with Crippen LogP contribution in [0.5, 0.6) is 0 Å². The Bertz CT molecular complexity index is 360. The molecule has 4 aliphatic rings. The third-order valence-electron chi connectivity index (χ3n) is 5.13. The number of rotatable bonds is 0. The molecule has 0 aromatic rings. The Morgan fingerprint density at radius 1 is 1.06 bits per heavy atom. The van der Waals surface area contributed by atoms with Crippen LogP contribution >= 0.6 is 0 Å². The Balaban J connectivity index is 1.89. The zero-order valence-corrected chi connectivity index (χ0v) is 12.2. The minimum absolute atomic E-state index is 0.0446. The smallest absolute Gasteiger partial charge is 0.411 e. The molecule has 0 atom stereocenters. The van der Waals surface area contributed by atoms with Gasteiger partial charge in [0.2, 0.25) is 0 Å². The van der Waals surface area contributed by atoms with Crippen molar-refractivity contribution in [3.05, 3.63) is 0 Å². The van der Waals surface area contributed by atoms with Crippen LogP contribution in [0.4, 0.5) is 4.79 Å². The molecule has 2 saturated heterocycles. The van der Waals surface area contributed by atoms with Crippen molar-refractivity contribution in [2.75, 3.05) is 0 Å². The summed E-state index contributed by atoms with van der Waals surface area (Å²) >= 11 is 0. The minimum Gasteiger partial charge on any atom is -0.444 e. The predicted octanol–water partition coefficient (Wildman–Crippen LogP) is 3.57. The first-order valence-corrected chi connectivity index (χ1v) is 7.16. The van der Waals surface area contributed by atoms with Crippen LogP contribution in [0, 0.1) is 11.8 Å². The van der Waals surface area contributed by atoms with E-state index in [1.165, 1.54) is 25.7 Å². The van der Waals surface area contributed by atoms with Crippen LogP contribution in [0.15, 0.2) is 0 Å². The Labute approximate surface area is 110 Å². The van der Waals surface area contributed by atoms with Gasteiger partial charge in [-0.15, -0.1) is 0 Å². The number of carbonyl (C=O) groups is 1. The fourth-order valence-electron chi connectivity index (χ4n) is 5.00. The van der Waals surface area contributed by atoms with E-state index < -0.39 is 5.60 Å². The van der Waals surface area contributed by atoms with Crippen molar-refractivity contribution >= 4 is 6.09 Å². The van der Waals surface area contributed by atoms with Crippen LogP contribution in [-0.2, 0) is 4.74 Å². The standard InChI is InChI=1S/C15H25NO2/c1-13(2,3)18-12(17)16-14(4)6-10-8-15(16,5)9-11(10)7-14/h10-11H,6-9H2,1-5H3. The number of ether oxygens (including phenoxy) is 1. The highest BCUT2D eigenvalue weighted by Crippen LogP contribution is 2.63. The molecule has 0 aromatic carbocycles. The lowest BCUT2D eigenvalue weighted by molar-refractivity contribution is -0.0616. The zero-order valence-electron chi connectivity index (χ0n) is 12.2. The molecule has 0 aromatic heterocycles. The van der Waals surface area contributed by atoms with Crippen molar-refractivity contribution in [3.63, 3.8) is 0 Å². The molecule has 4 rings (SSSR count). The maximum atomic E-state index is 12.6. The quantitative estimate of drug-likeness (QED) is 0.658. The number of carbonyl (C=O) groups excluding carboxylic acids is 1. The lowest BCUT2D eigenvalue weighted by atomic mass is 9.78. The van der Waals surface area contributed by atoms with Crippen LogP contribution < -0.4 is 0 Å². The molecular formula is C15H25NO2. The van der Waals surface area contributed by atoms with Gasteiger partial charge in [0.1, 0.15) is 5.60 Å².